The number of hydrogen-bond donors (Lipinski definition) is 1. The molecule has 0 unspecified atom stereocenters. The first-order valence-corrected chi connectivity index (χ1v) is 17.3. The number of anilines is 2. The quantitative estimate of drug-likeness (QED) is 0.181. The Bertz CT molecular complexity index is 2010. The summed E-state index contributed by atoms with van der Waals surface area (Å²) < 4.78 is 83.8. The molecule has 1 aliphatic carbocycles. The first-order chi connectivity index (χ1) is 23.5. The highest BCUT2D eigenvalue weighted by molar-refractivity contribution is 7.91. The summed E-state index contributed by atoms with van der Waals surface area (Å²) >= 11 is 0. The minimum Gasteiger partial charge on any atom is -0.488 e. The van der Waals surface area contributed by atoms with Crippen LogP contribution in [0.5, 0.6) is 5.75 Å². The van der Waals surface area contributed by atoms with E-state index >= 15 is 4.39 Å². The molecule has 4 aromatic rings. The van der Waals surface area contributed by atoms with Crippen LogP contribution in [0.1, 0.15) is 53.5 Å². The number of nitrogens with zero attached hydrogens (tertiary/aromatic N) is 3. The Hall–Kier alpha value is -4.76. The van der Waals surface area contributed by atoms with Gasteiger partial charge in [-0.3, -0.25) is 14.6 Å². The molecule has 1 amide bonds. The lowest BCUT2D eigenvalue weighted by Crippen LogP contribution is -2.30. The topological polar surface area (TPSA) is 137 Å². The van der Waals surface area contributed by atoms with Gasteiger partial charge in [-0.1, -0.05) is 6.07 Å². The van der Waals surface area contributed by atoms with Gasteiger partial charge in [0.25, 0.3) is 5.91 Å². The van der Waals surface area contributed by atoms with Gasteiger partial charge in [-0.2, -0.15) is 8.78 Å². The zero-order chi connectivity index (χ0) is 34.7. The molecule has 2 aliphatic rings. The summed E-state index contributed by atoms with van der Waals surface area (Å²) in [5.41, 5.74) is 1.28. The molecular weight excluding hydrogens is 665 g/mol. The molecule has 1 saturated carbocycles. The molecule has 6 rings (SSSR count). The van der Waals surface area contributed by atoms with Gasteiger partial charge in [0.05, 0.1) is 55.1 Å². The van der Waals surface area contributed by atoms with Crippen molar-refractivity contribution in [3.63, 3.8) is 0 Å². The van der Waals surface area contributed by atoms with Crippen LogP contribution in [-0.4, -0.2) is 61.9 Å². The number of aromatic nitrogens is 2. The number of halogens is 3. The maximum atomic E-state index is 16.2. The Morgan fingerprint density at radius 1 is 1.10 bits per heavy atom. The summed E-state index contributed by atoms with van der Waals surface area (Å²) in [6, 6.07) is 11.7. The van der Waals surface area contributed by atoms with Crippen LogP contribution in [0.2, 0.25) is 0 Å². The molecule has 0 radical (unpaired) electrons. The Morgan fingerprint density at radius 2 is 1.92 bits per heavy atom. The average Bonchev–Trinajstić information content (AvgIpc) is 3.93. The van der Waals surface area contributed by atoms with Gasteiger partial charge in [0.1, 0.15) is 6.61 Å². The Morgan fingerprint density at radius 3 is 2.67 bits per heavy atom. The maximum Gasteiger partial charge on any atom is 0.341 e. The van der Waals surface area contributed by atoms with E-state index in [1.807, 2.05) is 0 Å². The van der Waals surface area contributed by atoms with Crippen LogP contribution in [-0.2, 0) is 43.7 Å². The number of aryl methyl sites for hydroxylation is 1. The number of pyridine rings is 2. The maximum absolute atomic E-state index is 16.2. The number of nitrogens with one attached hydrogen (secondary N) is 1. The highest BCUT2D eigenvalue weighted by Crippen LogP contribution is 2.38. The van der Waals surface area contributed by atoms with E-state index in [2.05, 4.69) is 15.3 Å². The average molecular weight is 699 g/mol. The van der Waals surface area contributed by atoms with Crippen LogP contribution in [0.25, 0.3) is 10.8 Å². The molecule has 1 fully saturated rings. The molecule has 2 aromatic heterocycles. The molecule has 1 N–H and O–H groups in total. The van der Waals surface area contributed by atoms with Crippen LogP contribution in [0.3, 0.4) is 0 Å². The number of fused-ring (bicyclic) bond motifs is 2. The number of rotatable bonds is 13. The van der Waals surface area contributed by atoms with Gasteiger partial charge in [0.2, 0.25) is 9.84 Å². The Kier molecular flexibility index (Phi) is 10.0. The fourth-order valence-corrected chi connectivity index (χ4v) is 6.16. The van der Waals surface area contributed by atoms with E-state index in [9.17, 15) is 26.8 Å². The van der Waals surface area contributed by atoms with Crippen molar-refractivity contribution in [3.05, 3.63) is 83.1 Å². The summed E-state index contributed by atoms with van der Waals surface area (Å²) in [5.74, 6) is -4.41. The lowest BCUT2D eigenvalue weighted by molar-refractivity contribution is -0.143. The molecule has 11 nitrogen and oxygen atoms in total. The second-order valence-electron chi connectivity index (χ2n) is 11.6. The minimum atomic E-state index is -4.98. The fourth-order valence-electron chi connectivity index (χ4n) is 5.35. The second kappa shape index (κ2) is 14.4. The summed E-state index contributed by atoms with van der Waals surface area (Å²) in [4.78, 5) is 35.0. The molecule has 0 bridgehead atoms. The fraction of sp³-hybridized carbons (Fsp3) is 0.353. The molecule has 2 aromatic carbocycles. The van der Waals surface area contributed by atoms with E-state index in [1.165, 1.54) is 18.3 Å². The highest BCUT2D eigenvalue weighted by atomic mass is 32.2. The number of ether oxygens (including phenoxy) is 3. The number of amides is 1. The van der Waals surface area contributed by atoms with Crippen molar-refractivity contribution in [2.75, 3.05) is 24.7 Å². The normalized spacial score (nSPS) is 14.4. The Balaban J connectivity index is 1.22. The minimum absolute atomic E-state index is 0.0158. The van der Waals surface area contributed by atoms with Crippen molar-refractivity contribution < 1.29 is 45.4 Å². The predicted octanol–water partition coefficient (Wildman–Crippen LogP) is 5.40. The van der Waals surface area contributed by atoms with E-state index < -0.39 is 32.2 Å². The number of benzene rings is 2. The lowest BCUT2D eigenvalue weighted by atomic mass is 10.1. The van der Waals surface area contributed by atoms with Gasteiger partial charge in [-0.05, 0) is 67.8 Å². The van der Waals surface area contributed by atoms with E-state index in [0.29, 0.717) is 41.3 Å². The van der Waals surface area contributed by atoms with Gasteiger partial charge in [-0.15, -0.1) is 0 Å². The van der Waals surface area contributed by atoms with Gasteiger partial charge in [-0.25, -0.2) is 17.8 Å². The smallest absolute Gasteiger partial charge is 0.341 e. The molecule has 0 atom stereocenters. The number of sulfone groups is 1. The summed E-state index contributed by atoms with van der Waals surface area (Å²) in [6.45, 7) is 2.41. The Labute approximate surface area is 280 Å². The highest BCUT2D eigenvalue weighted by Gasteiger charge is 2.29. The van der Waals surface area contributed by atoms with E-state index in [-0.39, 0.29) is 67.1 Å². The van der Waals surface area contributed by atoms with Crippen molar-refractivity contribution in [2.24, 2.45) is 0 Å². The largest absolute Gasteiger partial charge is 0.488 e. The molecule has 15 heteroatoms. The summed E-state index contributed by atoms with van der Waals surface area (Å²) in [6.07, 6.45) is 3.66. The first-order valence-electron chi connectivity index (χ1n) is 15.7. The van der Waals surface area contributed by atoms with Crippen molar-refractivity contribution in [3.8, 4) is 5.75 Å². The first kappa shape index (κ1) is 34.1. The third kappa shape index (κ3) is 7.78. The van der Waals surface area contributed by atoms with Gasteiger partial charge in [0, 0.05) is 34.6 Å². The zero-order valence-corrected chi connectivity index (χ0v) is 27.3. The van der Waals surface area contributed by atoms with Gasteiger partial charge < -0.3 is 24.4 Å². The van der Waals surface area contributed by atoms with Crippen LogP contribution < -0.4 is 15.0 Å². The summed E-state index contributed by atoms with van der Waals surface area (Å²) in [7, 11) is -4.98. The molecule has 0 saturated heterocycles. The van der Waals surface area contributed by atoms with Gasteiger partial charge >= 0.3 is 11.7 Å². The van der Waals surface area contributed by atoms with Crippen molar-refractivity contribution >= 4 is 44.0 Å². The molecule has 0 spiro atoms. The molecular formula is C34H33F3N4O7S. The second-order valence-corrected chi connectivity index (χ2v) is 13.5. The van der Waals surface area contributed by atoms with Crippen molar-refractivity contribution in [1.82, 2.24) is 15.3 Å². The SMILES string of the molecule is CCOC(=O)CCc1ccc2c(n1)N(c1ccc3cnc(CNC(=O)c4cc(COC5CC5)cc(S(=O)(=O)C(F)F)c4)cc3c1F)CCO2. The standard InChI is InChI=1S/C34H33F3N4O7S/c1-2-46-30(42)10-5-23-4-9-29-32(40-23)41(11-12-47-29)28-8-3-21-17-38-24(16-27(21)31(28)35)18-39-33(43)22-13-20(19-48-25-6-7-25)14-26(15-22)49(44,45)34(36)37/h3-4,8-9,13-17,25,34H,2,5-7,10-12,18-19H2,1H3,(H,39,43). The number of carbonyl (C=O) groups is 2. The number of hydrogen-bond acceptors (Lipinski definition) is 10. The van der Waals surface area contributed by atoms with Crippen LogP contribution in [0, 0.1) is 5.82 Å². The lowest BCUT2D eigenvalue weighted by Gasteiger charge is -2.31. The number of esters is 1. The van der Waals surface area contributed by atoms with E-state index in [4.69, 9.17) is 14.2 Å². The van der Waals surface area contributed by atoms with Crippen LogP contribution in [0.15, 0.2) is 59.6 Å². The molecule has 3 heterocycles. The molecule has 258 valence electrons. The third-order valence-corrected chi connectivity index (χ3v) is 9.37. The third-order valence-electron chi connectivity index (χ3n) is 8.01. The summed E-state index contributed by atoms with van der Waals surface area (Å²) in [5, 5.41) is 3.35. The van der Waals surface area contributed by atoms with Gasteiger partial charge in [0.15, 0.2) is 17.4 Å². The molecule has 1 aliphatic heterocycles. The van der Waals surface area contributed by atoms with Crippen molar-refractivity contribution in [2.45, 2.75) is 62.5 Å². The zero-order valence-electron chi connectivity index (χ0n) is 26.5. The van der Waals surface area contributed by atoms with Crippen LogP contribution >= 0.6 is 0 Å². The van der Waals surface area contributed by atoms with Crippen molar-refractivity contribution in [1.29, 1.82) is 0 Å². The number of carbonyl (C=O) groups excluding carboxylic acids is 2. The predicted molar refractivity (Wildman–Crippen MR) is 172 cm³/mol. The van der Waals surface area contributed by atoms with E-state index in [0.717, 1.165) is 25.0 Å². The molecule has 49 heavy (non-hydrogen) atoms. The number of alkyl halides is 2. The monoisotopic (exact) mass is 698 g/mol. The van der Waals surface area contributed by atoms with Crippen LogP contribution in [0.4, 0.5) is 24.7 Å². The van der Waals surface area contributed by atoms with E-state index in [1.54, 1.807) is 36.1 Å².